The topological polar surface area (TPSA) is 62.2 Å². The Morgan fingerprint density at radius 3 is 2.68 bits per heavy atom. The summed E-state index contributed by atoms with van der Waals surface area (Å²) in [5.74, 6) is 0.616. The molecule has 2 N–H and O–H groups in total. The molecule has 0 unspecified atom stereocenters. The molecule has 4 nitrogen and oxygen atoms in total. The van der Waals surface area contributed by atoms with Gasteiger partial charge in [-0.3, -0.25) is 4.79 Å². The molecule has 1 amide bonds. The van der Waals surface area contributed by atoms with E-state index in [4.69, 9.17) is 0 Å². The summed E-state index contributed by atoms with van der Waals surface area (Å²) in [6.45, 7) is 1.88. The monoisotopic (exact) mass is 320 g/mol. The molecule has 0 saturated heterocycles. The number of phenols is 1. The number of nitrogens with zero attached hydrogens (tertiary/aromatic N) is 1. The fraction of sp³-hybridized carbons (Fsp3) is 0.143. The van der Waals surface area contributed by atoms with Crippen molar-refractivity contribution in [2.24, 2.45) is 0 Å². The van der Waals surface area contributed by atoms with E-state index in [0.29, 0.717) is 5.82 Å². The number of hydrogen-bond donors (Lipinski definition) is 2. The summed E-state index contributed by atoms with van der Waals surface area (Å²) in [5, 5.41) is 11.9. The first-order valence-corrected chi connectivity index (χ1v) is 6.54. The third-order valence-corrected chi connectivity index (χ3v) is 3.04. The second-order valence-electron chi connectivity index (χ2n) is 4.21. The smallest absolute Gasteiger partial charge is 0.229 e. The van der Waals surface area contributed by atoms with Gasteiger partial charge in [0.25, 0.3) is 0 Å². The van der Waals surface area contributed by atoms with Crippen molar-refractivity contribution in [3.63, 3.8) is 0 Å². The van der Waals surface area contributed by atoms with Gasteiger partial charge in [0.15, 0.2) is 0 Å². The van der Waals surface area contributed by atoms with E-state index in [0.717, 1.165) is 15.6 Å². The van der Waals surface area contributed by atoms with Gasteiger partial charge >= 0.3 is 0 Å². The molecule has 0 aliphatic heterocycles. The van der Waals surface area contributed by atoms with Crippen LogP contribution in [0.5, 0.6) is 5.75 Å². The van der Waals surface area contributed by atoms with E-state index in [1.54, 1.807) is 30.5 Å². The molecule has 0 aliphatic carbocycles. The highest BCUT2D eigenvalue weighted by atomic mass is 79.9. The zero-order valence-electron chi connectivity index (χ0n) is 10.4. The highest BCUT2D eigenvalue weighted by Crippen LogP contribution is 2.17. The van der Waals surface area contributed by atoms with Crippen LogP contribution in [0.4, 0.5) is 5.82 Å². The molecule has 2 rings (SSSR count). The van der Waals surface area contributed by atoms with E-state index >= 15 is 0 Å². The first-order valence-electron chi connectivity index (χ1n) is 5.74. The van der Waals surface area contributed by atoms with Crippen molar-refractivity contribution in [1.29, 1.82) is 0 Å². The maximum absolute atomic E-state index is 11.9. The number of nitrogens with one attached hydrogen (secondary N) is 1. The third kappa shape index (κ3) is 3.79. The number of rotatable bonds is 3. The van der Waals surface area contributed by atoms with Crippen LogP contribution in [0.25, 0.3) is 0 Å². The molecule has 0 fully saturated rings. The van der Waals surface area contributed by atoms with E-state index in [1.807, 2.05) is 13.0 Å². The molecule has 0 radical (unpaired) electrons. The molecule has 1 aromatic heterocycles. The molecule has 98 valence electrons. The highest BCUT2D eigenvalue weighted by Gasteiger charge is 2.07. The molecule has 2 aromatic rings. The Kier molecular flexibility index (Phi) is 4.16. The van der Waals surface area contributed by atoms with Crippen molar-refractivity contribution in [3.8, 4) is 5.75 Å². The van der Waals surface area contributed by atoms with Gasteiger partial charge in [0.1, 0.15) is 11.6 Å². The number of phenolic OH excluding ortho intramolecular Hbond substituents is 1. The molecule has 1 heterocycles. The second kappa shape index (κ2) is 5.84. The van der Waals surface area contributed by atoms with Gasteiger partial charge in [-0.05, 0) is 52.2 Å². The Labute approximate surface area is 119 Å². The van der Waals surface area contributed by atoms with Gasteiger partial charge in [-0.1, -0.05) is 12.1 Å². The molecular weight excluding hydrogens is 308 g/mol. The standard InChI is InChI=1S/C14H13BrN2O2/c1-9-6-11(15)8-16-14(9)17-13(19)7-10-2-4-12(18)5-3-10/h2-6,8,18H,7H2,1H3,(H,16,17,19). The fourth-order valence-corrected chi connectivity index (χ4v) is 2.09. The Bertz CT molecular complexity index is 597. The highest BCUT2D eigenvalue weighted by molar-refractivity contribution is 9.10. The lowest BCUT2D eigenvalue weighted by Gasteiger charge is -2.07. The van der Waals surface area contributed by atoms with Crippen LogP contribution in [0.2, 0.25) is 0 Å². The predicted octanol–water partition coefficient (Wildman–Crippen LogP) is 3.04. The van der Waals surface area contributed by atoms with Gasteiger partial charge < -0.3 is 10.4 Å². The van der Waals surface area contributed by atoms with Gasteiger partial charge in [0.05, 0.1) is 6.42 Å². The summed E-state index contributed by atoms with van der Waals surface area (Å²) in [7, 11) is 0. The van der Waals surface area contributed by atoms with Crippen molar-refractivity contribution >= 4 is 27.7 Å². The first kappa shape index (κ1) is 13.5. The molecule has 0 spiro atoms. The zero-order chi connectivity index (χ0) is 13.8. The molecular formula is C14H13BrN2O2. The lowest BCUT2D eigenvalue weighted by Crippen LogP contribution is -2.16. The Balaban J connectivity index is 2.03. The SMILES string of the molecule is Cc1cc(Br)cnc1NC(=O)Cc1ccc(O)cc1. The molecule has 0 atom stereocenters. The second-order valence-corrected chi connectivity index (χ2v) is 5.13. The number of carbonyl (C=O) groups excluding carboxylic acids is 1. The molecule has 0 saturated carbocycles. The summed E-state index contributed by atoms with van der Waals surface area (Å²) in [4.78, 5) is 16.0. The number of carbonyl (C=O) groups is 1. The van der Waals surface area contributed by atoms with Gasteiger partial charge in [0.2, 0.25) is 5.91 Å². The van der Waals surface area contributed by atoms with E-state index in [-0.39, 0.29) is 18.1 Å². The van der Waals surface area contributed by atoms with Crippen LogP contribution >= 0.6 is 15.9 Å². The zero-order valence-corrected chi connectivity index (χ0v) is 11.9. The summed E-state index contributed by atoms with van der Waals surface area (Å²) < 4.78 is 0.876. The average molecular weight is 321 g/mol. The molecule has 5 heteroatoms. The van der Waals surface area contributed by atoms with E-state index in [1.165, 1.54) is 0 Å². The molecule has 19 heavy (non-hydrogen) atoms. The van der Waals surface area contributed by atoms with Crippen molar-refractivity contribution in [2.45, 2.75) is 13.3 Å². The number of hydrogen-bond acceptors (Lipinski definition) is 3. The maximum Gasteiger partial charge on any atom is 0.229 e. The van der Waals surface area contributed by atoms with Crippen molar-refractivity contribution in [2.75, 3.05) is 5.32 Å². The summed E-state index contributed by atoms with van der Waals surface area (Å²) in [6.07, 6.45) is 1.89. The van der Waals surface area contributed by atoms with Crippen molar-refractivity contribution in [1.82, 2.24) is 4.98 Å². The lowest BCUT2D eigenvalue weighted by molar-refractivity contribution is -0.115. The fourth-order valence-electron chi connectivity index (χ4n) is 1.65. The lowest BCUT2D eigenvalue weighted by atomic mass is 10.1. The van der Waals surface area contributed by atoms with E-state index in [9.17, 15) is 9.90 Å². The van der Waals surface area contributed by atoms with Gasteiger partial charge in [-0.2, -0.15) is 0 Å². The van der Waals surface area contributed by atoms with Crippen molar-refractivity contribution in [3.05, 3.63) is 52.1 Å². The van der Waals surface area contributed by atoms with E-state index < -0.39 is 0 Å². The normalized spacial score (nSPS) is 10.2. The maximum atomic E-state index is 11.9. The van der Waals surface area contributed by atoms with Gasteiger partial charge in [-0.25, -0.2) is 4.98 Å². The van der Waals surface area contributed by atoms with Crippen LogP contribution in [0, 0.1) is 6.92 Å². The average Bonchev–Trinajstić information content (AvgIpc) is 2.36. The minimum atomic E-state index is -0.136. The largest absolute Gasteiger partial charge is 0.508 e. The van der Waals surface area contributed by atoms with Gasteiger partial charge in [0, 0.05) is 10.7 Å². The number of amides is 1. The van der Waals surface area contributed by atoms with Crippen LogP contribution in [0.3, 0.4) is 0 Å². The van der Waals surface area contributed by atoms with Crippen LogP contribution in [-0.4, -0.2) is 16.0 Å². The minimum Gasteiger partial charge on any atom is -0.508 e. The minimum absolute atomic E-state index is 0.136. The number of aromatic hydroxyl groups is 1. The first-order chi connectivity index (χ1) is 9.04. The Morgan fingerprint density at radius 2 is 2.05 bits per heavy atom. The van der Waals surface area contributed by atoms with E-state index in [2.05, 4.69) is 26.2 Å². The van der Waals surface area contributed by atoms with Gasteiger partial charge in [-0.15, -0.1) is 0 Å². The van der Waals surface area contributed by atoms with Crippen LogP contribution in [0.15, 0.2) is 41.0 Å². The van der Waals surface area contributed by atoms with Crippen LogP contribution in [-0.2, 0) is 11.2 Å². The Hall–Kier alpha value is -1.88. The molecule has 0 aliphatic rings. The molecule has 0 bridgehead atoms. The number of halogens is 1. The third-order valence-electron chi connectivity index (χ3n) is 2.60. The Morgan fingerprint density at radius 1 is 1.37 bits per heavy atom. The summed E-state index contributed by atoms with van der Waals surface area (Å²) in [5.41, 5.74) is 1.73. The predicted molar refractivity (Wildman–Crippen MR) is 77.1 cm³/mol. The van der Waals surface area contributed by atoms with Crippen LogP contribution in [0.1, 0.15) is 11.1 Å². The molecule has 1 aromatic carbocycles. The van der Waals surface area contributed by atoms with Crippen LogP contribution < -0.4 is 5.32 Å². The number of benzene rings is 1. The number of pyridine rings is 1. The summed E-state index contributed by atoms with van der Waals surface area (Å²) >= 11 is 3.32. The number of aryl methyl sites for hydroxylation is 1. The van der Waals surface area contributed by atoms with Crippen molar-refractivity contribution < 1.29 is 9.90 Å². The number of anilines is 1. The number of aromatic nitrogens is 1. The summed E-state index contributed by atoms with van der Waals surface area (Å²) in [6, 6.07) is 8.45. The quantitative estimate of drug-likeness (QED) is 0.913.